The Labute approximate surface area is 122 Å². The van der Waals surface area contributed by atoms with E-state index < -0.39 is 0 Å². The number of rotatable bonds is 4. The van der Waals surface area contributed by atoms with Gasteiger partial charge >= 0.3 is 0 Å². The maximum atomic E-state index is 12.0. The van der Waals surface area contributed by atoms with E-state index in [1.807, 2.05) is 6.08 Å². The lowest BCUT2D eigenvalue weighted by Crippen LogP contribution is -2.45. The molecule has 0 aromatic carbocycles. The summed E-state index contributed by atoms with van der Waals surface area (Å²) in [5, 5.41) is 3.19. The van der Waals surface area contributed by atoms with E-state index in [0.29, 0.717) is 17.9 Å². The molecule has 1 N–H and O–H groups in total. The minimum atomic E-state index is 0.0591. The molecule has 0 aromatic rings. The lowest BCUT2D eigenvalue weighted by atomic mass is 9.79. The highest BCUT2D eigenvalue weighted by molar-refractivity contribution is 5.87. The van der Waals surface area contributed by atoms with Gasteiger partial charge in [-0.25, -0.2) is 0 Å². The van der Waals surface area contributed by atoms with Gasteiger partial charge < -0.3 is 10.1 Å². The monoisotopic (exact) mass is 280 g/mol. The lowest BCUT2D eigenvalue weighted by molar-refractivity contribution is -0.118. The number of carbonyl (C=O) groups excluding carboxylic acids is 1. The van der Waals surface area contributed by atoms with Crippen molar-refractivity contribution < 1.29 is 9.53 Å². The van der Waals surface area contributed by atoms with E-state index in [9.17, 15) is 4.79 Å². The molecule has 4 heteroatoms. The molecule has 1 saturated heterocycles. The SMILES string of the molecule is CC1CCCC(C)C1NC(=O)/C=C/CN1CCOCC1. The second-order valence-electron chi connectivity index (χ2n) is 6.24. The molecule has 1 aliphatic heterocycles. The molecule has 2 aliphatic rings. The van der Waals surface area contributed by atoms with E-state index >= 15 is 0 Å². The van der Waals surface area contributed by atoms with Gasteiger partial charge in [-0.05, 0) is 24.7 Å². The van der Waals surface area contributed by atoms with Crippen LogP contribution in [0.4, 0.5) is 0 Å². The molecule has 4 nitrogen and oxygen atoms in total. The highest BCUT2D eigenvalue weighted by Crippen LogP contribution is 2.28. The molecule has 1 amide bonds. The van der Waals surface area contributed by atoms with Gasteiger partial charge in [-0.3, -0.25) is 9.69 Å². The van der Waals surface area contributed by atoms with Crippen molar-refractivity contribution in [2.24, 2.45) is 11.8 Å². The normalized spacial score (nSPS) is 32.4. The Morgan fingerprint density at radius 2 is 1.90 bits per heavy atom. The van der Waals surface area contributed by atoms with Crippen molar-refractivity contribution in [2.75, 3.05) is 32.8 Å². The van der Waals surface area contributed by atoms with Gasteiger partial charge in [-0.2, -0.15) is 0 Å². The average molecular weight is 280 g/mol. The van der Waals surface area contributed by atoms with Crippen LogP contribution in [-0.4, -0.2) is 49.7 Å². The average Bonchev–Trinajstić information content (AvgIpc) is 2.44. The van der Waals surface area contributed by atoms with Crippen LogP contribution in [0.25, 0.3) is 0 Å². The van der Waals surface area contributed by atoms with Crippen LogP contribution < -0.4 is 5.32 Å². The Morgan fingerprint density at radius 3 is 2.55 bits per heavy atom. The van der Waals surface area contributed by atoms with E-state index in [-0.39, 0.29) is 5.91 Å². The van der Waals surface area contributed by atoms with Gasteiger partial charge in [0, 0.05) is 31.8 Å². The van der Waals surface area contributed by atoms with Crippen molar-refractivity contribution in [3.63, 3.8) is 0 Å². The summed E-state index contributed by atoms with van der Waals surface area (Å²) in [6.45, 7) is 8.86. The van der Waals surface area contributed by atoms with Crippen LogP contribution in [-0.2, 0) is 9.53 Å². The van der Waals surface area contributed by atoms with E-state index in [2.05, 4.69) is 24.1 Å². The highest BCUT2D eigenvalue weighted by Gasteiger charge is 2.28. The second kappa shape index (κ2) is 7.79. The van der Waals surface area contributed by atoms with E-state index in [4.69, 9.17) is 4.74 Å². The predicted molar refractivity (Wildman–Crippen MR) is 80.5 cm³/mol. The van der Waals surface area contributed by atoms with Gasteiger partial charge in [0.15, 0.2) is 0 Å². The zero-order chi connectivity index (χ0) is 14.4. The van der Waals surface area contributed by atoms with Crippen LogP contribution in [0.15, 0.2) is 12.2 Å². The van der Waals surface area contributed by atoms with Crippen LogP contribution in [0.5, 0.6) is 0 Å². The summed E-state index contributed by atoms with van der Waals surface area (Å²) in [6.07, 6.45) is 7.42. The van der Waals surface area contributed by atoms with Gasteiger partial charge in [0.2, 0.25) is 5.91 Å². The van der Waals surface area contributed by atoms with Gasteiger partial charge in [-0.15, -0.1) is 0 Å². The fraction of sp³-hybridized carbons (Fsp3) is 0.812. The number of hydrogen-bond acceptors (Lipinski definition) is 3. The Bertz CT molecular complexity index is 327. The fourth-order valence-electron chi connectivity index (χ4n) is 3.27. The smallest absolute Gasteiger partial charge is 0.243 e. The van der Waals surface area contributed by atoms with E-state index in [0.717, 1.165) is 32.8 Å². The van der Waals surface area contributed by atoms with Gasteiger partial charge in [0.05, 0.1) is 13.2 Å². The Kier molecular flexibility index (Phi) is 6.05. The molecule has 2 fully saturated rings. The molecule has 2 atom stereocenters. The quantitative estimate of drug-likeness (QED) is 0.799. The Morgan fingerprint density at radius 1 is 1.25 bits per heavy atom. The Hall–Kier alpha value is -0.870. The standard InChI is InChI=1S/C16H28N2O2/c1-13-5-3-6-14(2)16(13)17-15(19)7-4-8-18-9-11-20-12-10-18/h4,7,13-14,16H,3,5-6,8-12H2,1-2H3,(H,17,19)/b7-4+. The Balaban J connectivity index is 1.73. The van der Waals surface area contributed by atoms with Crippen LogP contribution >= 0.6 is 0 Å². The first-order valence-electron chi connectivity index (χ1n) is 7.94. The van der Waals surface area contributed by atoms with Crippen molar-refractivity contribution >= 4 is 5.91 Å². The van der Waals surface area contributed by atoms with Crippen LogP contribution in [0.1, 0.15) is 33.1 Å². The van der Waals surface area contributed by atoms with Crippen LogP contribution in [0, 0.1) is 11.8 Å². The van der Waals surface area contributed by atoms with Crippen LogP contribution in [0.2, 0.25) is 0 Å². The van der Waals surface area contributed by atoms with Gasteiger partial charge in [0.25, 0.3) is 0 Å². The largest absolute Gasteiger partial charge is 0.379 e. The first kappa shape index (κ1) is 15.5. The molecule has 114 valence electrons. The van der Waals surface area contributed by atoms with E-state index in [1.165, 1.54) is 19.3 Å². The molecule has 0 aromatic heterocycles. The van der Waals surface area contributed by atoms with Gasteiger partial charge in [-0.1, -0.05) is 26.3 Å². The molecule has 0 bridgehead atoms. The minimum Gasteiger partial charge on any atom is -0.379 e. The molecular weight excluding hydrogens is 252 g/mol. The molecule has 0 radical (unpaired) electrons. The van der Waals surface area contributed by atoms with Crippen molar-refractivity contribution in [1.82, 2.24) is 10.2 Å². The summed E-state index contributed by atoms with van der Waals surface area (Å²) in [5.74, 6) is 1.24. The molecule has 1 aliphatic carbocycles. The third-order valence-corrected chi connectivity index (χ3v) is 4.59. The minimum absolute atomic E-state index is 0.0591. The zero-order valence-corrected chi connectivity index (χ0v) is 12.8. The number of hydrogen-bond donors (Lipinski definition) is 1. The second-order valence-corrected chi connectivity index (χ2v) is 6.24. The predicted octanol–water partition coefficient (Wildman–Crippen LogP) is 1.82. The zero-order valence-electron chi connectivity index (χ0n) is 12.8. The lowest BCUT2D eigenvalue weighted by Gasteiger charge is -2.34. The first-order valence-corrected chi connectivity index (χ1v) is 7.94. The third kappa shape index (κ3) is 4.60. The summed E-state index contributed by atoms with van der Waals surface area (Å²) < 4.78 is 5.31. The molecule has 1 saturated carbocycles. The third-order valence-electron chi connectivity index (χ3n) is 4.59. The van der Waals surface area contributed by atoms with Crippen molar-refractivity contribution in [3.05, 3.63) is 12.2 Å². The summed E-state index contributed by atoms with van der Waals surface area (Å²) in [6, 6.07) is 0.337. The maximum Gasteiger partial charge on any atom is 0.243 e. The number of morpholine rings is 1. The summed E-state index contributed by atoms with van der Waals surface area (Å²) in [4.78, 5) is 14.3. The molecule has 2 unspecified atom stereocenters. The summed E-state index contributed by atoms with van der Waals surface area (Å²) in [5.41, 5.74) is 0. The number of amides is 1. The maximum absolute atomic E-state index is 12.0. The number of nitrogens with zero attached hydrogens (tertiary/aromatic N) is 1. The van der Waals surface area contributed by atoms with Gasteiger partial charge in [0.1, 0.15) is 0 Å². The molecule has 2 rings (SSSR count). The fourth-order valence-corrected chi connectivity index (χ4v) is 3.27. The van der Waals surface area contributed by atoms with Crippen LogP contribution in [0.3, 0.4) is 0 Å². The van der Waals surface area contributed by atoms with Crippen molar-refractivity contribution in [3.8, 4) is 0 Å². The molecule has 20 heavy (non-hydrogen) atoms. The number of ether oxygens (including phenoxy) is 1. The summed E-state index contributed by atoms with van der Waals surface area (Å²) in [7, 11) is 0. The van der Waals surface area contributed by atoms with Crippen molar-refractivity contribution in [1.29, 1.82) is 0 Å². The first-order chi connectivity index (χ1) is 9.66. The molecule has 0 spiro atoms. The summed E-state index contributed by atoms with van der Waals surface area (Å²) >= 11 is 0. The highest BCUT2D eigenvalue weighted by atomic mass is 16.5. The number of nitrogens with one attached hydrogen (secondary N) is 1. The van der Waals surface area contributed by atoms with Crippen molar-refractivity contribution in [2.45, 2.75) is 39.2 Å². The topological polar surface area (TPSA) is 41.6 Å². The molecular formula is C16H28N2O2. The molecule has 1 heterocycles. The van der Waals surface area contributed by atoms with E-state index in [1.54, 1.807) is 6.08 Å². The number of carbonyl (C=O) groups is 1.